The lowest BCUT2D eigenvalue weighted by Gasteiger charge is -2.26. The first-order valence-corrected chi connectivity index (χ1v) is 7.64. The second-order valence-electron chi connectivity index (χ2n) is 5.29. The molecule has 0 aliphatic carbocycles. The molecule has 0 spiro atoms. The molecule has 2 bridgehead atoms. The van der Waals surface area contributed by atoms with Crippen molar-refractivity contribution in [2.45, 2.75) is 24.9 Å². The first-order chi connectivity index (χ1) is 10.6. The zero-order valence-electron chi connectivity index (χ0n) is 11.4. The zero-order chi connectivity index (χ0) is 15.3. The van der Waals surface area contributed by atoms with Crippen LogP contribution in [0.2, 0.25) is 5.02 Å². The van der Waals surface area contributed by atoms with Crippen LogP contribution in [0.4, 0.5) is 0 Å². The van der Waals surface area contributed by atoms with Crippen molar-refractivity contribution >= 4 is 29.6 Å². The van der Waals surface area contributed by atoms with Gasteiger partial charge in [0.05, 0.1) is 18.3 Å². The van der Waals surface area contributed by atoms with Crippen LogP contribution >= 0.6 is 23.8 Å². The van der Waals surface area contributed by atoms with Gasteiger partial charge in [-0.2, -0.15) is 5.10 Å². The van der Waals surface area contributed by atoms with Crippen LogP contribution in [0.15, 0.2) is 30.6 Å². The SMILES string of the molecule is O=C1CC(n2ncn(-c3cccc(Cl)c3)c2=S)C2COC1O2. The second-order valence-corrected chi connectivity index (χ2v) is 6.09. The van der Waals surface area contributed by atoms with Gasteiger partial charge in [-0.05, 0) is 30.4 Å². The number of benzene rings is 1. The molecule has 1 aromatic heterocycles. The number of aromatic nitrogens is 3. The molecule has 3 atom stereocenters. The van der Waals surface area contributed by atoms with Crippen molar-refractivity contribution in [3.63, 3.8) is 0 Å². The summed E-state index contributed by atoms with van der Waals surface area (Å²) in [4.78, 5) is 11.9. The molecule has 114 valence electrons. The number of fused-ring (bicyclic) bond motifs is 2. The van der Waals surface area contributed by atoms with E-state index in [9.17, 15) is 4.79 Å². The maximum Gasteiger partial charge on any atom is 0.218 e. The Morgan fingerprint density at radius 3 is 3.09 bits per heavy atom. The summed E-state index contributed by atoms with van der Waals surface area (Å²) >= 11 is 11.5. The molecule has 8 heteroatoms. The summed E-state index contributed by atoms with van der Waals surface area (Å²) < 4.78 is 14.8. The molecular formula is C14H12ClN3O3S. The van der Waals surface area contributed by atoms with Gasteiger partial charge in [-0.1, -0.05) is 17.7 Å². The minimum atomic E-state index is -0.717. The Bertz CT molecular complexity index is 803. The number of rotatable bonds is 2. The number of nitrogens with zero attached hydrogens (tertiary/aromatic N) is 3. The molecule has 0 radical (unpaired) electrons. The van der Waals surface area contributed by atoms with Crippen molar-refractivity contribution in [3.05, 3.63) is 40.4 Å². The monoisotopic (exact) mass is 337 g/mol. The summed E-state index contributed by atoms with van der Waals surface area (Å²) in [5.74, 6) is -0.0713. The normalized spacial score (nSPS) is 27.3. The molecule has 0 saturated carbocycles. The third-order valence-electron chi connectivity index (χ3n) is 3.91. The maximum atomic E-state index is 11.9. The zero-order valence-corrected chi connectivity index (χ0v) is 13.0. The number of ketones is 1. The van der Waals surface area contributed by atoms with Gasteiger partial charge < -0.3 is 9.47 Å². The molecule has 22 heavy (non-hydrogen) atoms. The van der Waals surface area contributed by atoms with Gasteiger partial charge in [0.15, 0.2) is 5.78 Å². The minimum Gasteiger partial charge on any atom is -0.343 e. The molecule has 3 heterocycles. The Labute approximate surface area is 136 Å². The number of hydrogen-bond donors (Lipinski definition) is 0. The molecule has 3 unspecified atom stereocenters. The molecule has 0 amide bonds. The maximum absolute atomic E-state index is 11.9. The van der Waals surface area contributed by atoms with Crippen LogP contribution < -0.4 is 0 Å². The van der Waals surface area contributed by atoms with E-state index in [1.165, 1.54) is 0 Å². The van der Waals surface area contributed by atoms with Gasteiger partial charge >= 0.3 is 0 Å². The number of halogens is 1. The van der Waals surface area contributed by atoms with E-state index < -0.39 is 6.29 Å². The predicted octanol–water partition coefficient (Wildman–Crippen LogP) is 2.31. The van der Waals surface area contributed by atoms with Crippen LogP contribution in [0.3, 0.4) is 0 Å². The third-order valence-corrected chi connectivity index (χ3v) is 4.53. The molecule has 1 aromatic carbocycles. The molecule has 0 N–H and O–H groups in total. The summed E-state index contributed by atoms with van der Waals surface area (Å²) in [6, 6.07) is 7.10. The highest BCUT2D eigenvalue weighted by molar-refractivity contribution is 7.71. The third kappa shape index (κ3) is 2.21. The van der Waals surface area contributed by atoms with Crippen LogP contribution in [-0.4, -0.2) is 39.1 Å². The smallest absolute Gasteiger partial charge is 0.218 e. The molecule has 2 aromatic rings. The fraction of sp³-hybridized carbons (Fsp3) is 0.357. The number of carbonyl (C=O) groups excluding carboxylic acids is 1. The summed E-state index contributed by atoms with van der Waals surface area (Å²) in [5.41, 5.74) is 0.826. The molecular weight excluding hydrogens is 326 g/mol. The highest BCUT2D eigenvalue weighted by Gasteiger charge is 2.44. The van der Waals surface area contributed by atoms with Gasteiger partial charge in [-0.3, -0.25) is 9.36 Å². The van der Waals surface area contributed by atoms with Crippen molar-refractivity contribution < 1.29 is 14.3 Å². The first kappa shape index (κ1) is 14.1. The molecule has 4 rings (SSSR count). The van der Waals surface area contributed by atoms with E-state index in [0.717, 1.165) is 5.69 Å². The van der Waals surface area contributed by atoms with Gasteiger partial charge in [-0.25, -0.2) is 4.68 Å². The summed E-state index contributed by atoms with van der Waals surface area (Å²) in [6.45, 7) is 0.382. The van der Waals surface area contributed by atoms with Crippen molar-refractivity contribution in [2.24, 2.45) is 0 Å². The molecule has 6 nitrogen and oxygen atoms in total. The molecule has 2 saturated heterocycles. The molecule has 2 aliphatic rings. The molecule has 2 fully saturated rings. The van der Waals surface area contributed by atoms with Gasteiger partial charge in [0, 0.05) is 11.4 Å². The van der Waals surface area contributed by atoms with E-state index in [-0.39, 0.29) is 17.9 Å². The van der Waals surface area contributed by atoms with Crippen molar-refractivity contribution in [1.29, 1.82) is 0 Å². The number of carbonyl (C=O) groups is 1. The Hall–Kier alpha value is -1.54. The lowest BCUT2D eigenvalue weighted by atomic mass is 10.0. The van der Waals surface area contributed by atoms with Crippen LogP contribution in [0.1, 0.15) is 12.5 Å². The van der Waals surface area contributed by atoms with Gasteiger partial charge in [0.25, 0.3) is 0 Å². The van der Waals surface area contributed by atoms with Gasteiger partial charge in [0.1, 0.15) is 12.4 Å². The van der Waals surface area contributed by atoms with Gasteiger partial charge in [0.2, 0.25) is 11.1 Å². The Kier molecular flexibility index (Phi) is 3.37. The predicted molar refractivity (Wildman–Crippen MR) is 80.7 cm³/mol. The summed E-state index contributed by atoms with van der Waals surface area (Å²) in [6.07, 6.45) is 1.03. The highest BCUT2D eigenvalue weighted by Crippen LogP contribution is 2.32. The lowest BCUT2D eigenvalue weighted by molar-refractivity contribution is -0.156. The number of hydrogen-bond acceptors (Lipinski definition) is 5. The Morgan fingerprint density at radius 2 is 2.27 bits per heavy atom. The summed E-state index contributed by atoms with van der Waals surface area (Å²) in [5, 5.41) is 4.96. The fourth-order valence-corrected chi connectivity index (χ4v) is 3.33. The van der Waals surface area contributed by atoms with E-state index >= 15 is 0 Å². The number of ether oxygens (including phenoxy) is 2. The van der Waals surface area contributed by atoms with E-state index in [1.54, 1.807) is 27.7 Å². The second kappa shape index (κ2) is 5.27. The summed E-state index contributed by atoms with van der Waals surface area (Å²) in [7, 11) is 0. The van der Waals surface area contributed by atoms with E-state index in [2.05, 4.69) is 5.10 Å². The Morgan fingerprint density at radius 1 is 1.41 bits per heavy atom. The highest BCUT2D eigenvalue weighted by atomic mass is 35.5. The first-order valence-electron chi connectivity index (χ1n) is 6.85. The quantitative estimate of drug-likeness (QED) is 0.787. The van der Waals surface area contributed by atoms with E-state index in [1.807, 2.05) is 12.1 Å². The van der Waals surface area contributed by atoms with E-state index in [0.29, 0.717) is 22.8 Å². The number of Topliss-reactive ketones (excluding diaryl/α,β-unsaturated/α-hetero) is 1. The van der Waals surface area contributed by atoms with E-state index in [4.69, 9.17) is 33.3 Å². The van der Waals surface area contributed by atoms with Crippen molar-refractivity contribution in [1.82, 2.24) is 14.3 Å². The van der Waals surface area contributed by atoms with Crippen LogP contribution in [-0.2, 0) is 14.3 Å². The minimum absolute atomic E-state index is 0.0713. The van der Waals surface area contributed by atoms with Crippen molar-refractivity contribution in [3.8, 4) is 5.69 Å². The average molecular weight is 338 g/mol. The van der Waals surface area contributed by atoms with Crippen molar-refractivity contribution in [2.75, 3.05) is 6.61 Å². The van der Waals surface area contributed by atoms with Crippen LogP contribution in [0, 0.1) is 4.77 Å². The largest absolute Gasteiger partial charge is 0.343 e. The lowest BCUT2D eigenvalue weighted by Crippen LogP contribution is -2.37. The standard InChI is InChI=1S/C14H12ClN3O3S/c15-8-2-1-3-9(4-8)17-7-16-18(14(17)22)10-5-11(19)13-20-6-12(10)21-13/h1-4,7,10,12-13H,5-6H2. The van der Waals surface area contributed by atoms with Crippen LogP contribution in [0.5, 0.6) is 0 Å². The topological polar surface area (TPSA) is 58.3 Å². The van der Waals surface area contributed by atoms with Gasteiger partial charge in [-0.15, -0.1) is 0 Å². The average Bonchev–Trinajstić information content (AvgIpc) is 3.09. The fourth-order valence-electron chi connectivity index (χ4n) is 2.81. The molecule has 2 aliphatic heterocycles. The Balaban J connectivity index is 1.73. The van der Waals surface area contributed by atoms with Crippen LogP contribution in [0.25, 0.3) is 5.69 Å².